The fourth-order valence-electron chi connectivity index (χ4n) is 1.19. The van der Waals surface area contributed by atoms with E-state index in [4.69, 9.17) is 4.74 Å². The minimum atomic E-state index is -0.342. The SMILES string of the molecule is COC(=O)N1CC1Oc1ccccc1. The lowest BCUT2D eigenvalue weighted by Crippen LogP contribution is -2.16. The highest BCUT2D eigenvalue weighted by molar-refractivity contribution is 5.70. The van der Waals surface area contributed by atoms with Crippen LogP contribution in [-0.4, -0.2) is 30.9 Å². The summed E-state index contributed by atoms with van der Waals surface area (Å²) in [4.78, 5) is 12.5. The van der Waals surface area contributed by atoms with Crippen LogP contribution in [-0.2, 0) is 4.74 Å². The van der Waals surface area contributed by atoms with Crippen LogP contribution in [0.4, 0.5) is 4.79 Å². The molecule has 1 aromatic carbocycles. The molecule has 1 aliphatic rings. The number of para-hydroxylation sites is 1. The minimum absolute atomic E-state index is 0.162. The lowest BCUT2D eigenvalue weighted by molar-refractivity contribution is 0.137. The Kier molecular flexibility index (Phi) is 2.26. The van der Waals surface area contributed by atoms with Crippen LogP contribution in [0.1, 0.15) is 0 Å². The summed E-state index contributed by atoms with van der Waals surface area (Å²) in [5.74, 6) is 0.768. The Bertz CT molecular complexity index is 325. The van der Waals surface area contributed by atoms with Gasteiger partial charge in [0.2, 0.25) is 0 Å². The maximum atomic E-state index is 11.0. The van der Waals surface area contributed by atoms with Crippen molar-refractivity contribution in [3.8, 4) is 5.75 Å². The molecule has 2 rings (SSSR count). The van der Waals surface area contributed by atoms with Crippen LogP contribution in [0.15, 0.2) is 30.3 Å². The number of benzene rings is 1. The van der Waals surface area contributed by atoms with E-state index in [0.717, 1.165) is 5.75 Å². The molecular formula is C10H11NO3. The number of ether oxygens (including phenoxy) is 2. The molecule has 0 spiro atoms. The number of carbonyl (C=O) groups is 1. The van der Waals surface area contributed by atoms with E-state index in [2.05, 4.69) is 4.74 Å². The summed E-state index contributed by atoms with van der Waals surface area (Å²) >= 11 is 0. The summed E-state index contributed by atoms with van der Waals surface area (Å²) in [6, 6.07) is 9.40. The second-order valence-corrected chi connectivity index (χ2v) is 3.01. The molecule has 74 valence electrons. The number of hydrogen-bond donors (Lipinski definition) is 0. The molecule has 1 unspecified atom stereocenters. The topological polar surface area (TPSA) is 38.5 Å². The summed E-state index contributed by atoms with van der Waals surface area (Å²) in [7, 11) is 1.36. The van der Waals surface area contributed by atoms with Crippen molar-refractivity contribution in [1.29, 1.82) is 0 Å². The first kappa shape index (κ1) is 8.87. The zero-order valence-corrected chi connectivity index (χ0v) is 7.84. The van der Waals surface area contributed by atoms with Crippen molar-refractivity contribution >= 4 is 6.09 Å². The van der Waals surface area contributed by atoms with E-state index >= 15 is 0 Å². The maximum absolute atomic E-state index is 11.0. The second-order valence-electron chi connectivity index (χ2n) is 3.01. The van der Waals surface area contributed by atoms with E-state index in [0.29, 0.717) is 6.54 Å². The molecule has 0 aromatic heterocycles. The van der Waals surface area contributed by atoms with Gasteiger partial charge in [-0.1, -0.05) is 18.2 Å². The Balaban J connectivity index is 1.88. The molecule has 14 heavy (non-hydrogen) atoms. The summed E-state index contributed by atoms with van der Waals surface area (Å²) < 4.78 is 10.0. The van der Waals surface area contributed by atoms with Crippen molar-refractivity contribution in [3.63, 3.8) is 0 Å². The average molecular weight is 193 g/mol. The normalized spacial score (nSPS) is 18.9. The average Bonchev–Trinajstić information content (AvgIpc) is 2.98. The molecule has 0 saturated carbocycles. The van der Waals surface area contributed by atoms with Gasteiger partial charge in [0.15, 0.2) is 6.23 Å². The van der Waals surface area contributed by atoms with Crippen LogP contribution < -0.4 is 4.74 Å². The van der Waals surface area contributed by atoms with Gasteiger partial charge in [0, 0.05) is 0 Å². The highest BCUT2D eigenvalue weighted by Crippen LogP contribution is 2.22. The molecule has 1 aromatic rings. The van der Waals surface area contributed by atoms with Gasteiger partial charge in [0.1, 0.15) is 5.75 Å². The van der Waals surface area contributed by atoms with Gasteiger partial charge < -0.3 is 9.47 Å². The molecule has 1 fully saturated rings. The van der Waals surface area contributed by atoms with Crippen LogP contribution in [0.2, 0.25) is 0 Å². The number of rotatable bonds is 2. The van der Waals surface area contributed by atoms with Gasteiger partial charge in [-0.25, -0.2) is 4.79 Å². The Morgan fingerprint density at radius 1 is 1.43 bits per heavy atom. The third-order valence-electron chi connectivity index (χ3n) is 1.99. The van der Waals surface area contributed by atoms with Crippen molar-refractivity contribution in [3.05, 3.63) is 30.3 Å². The monoisotopic (exact) mass is 193 g/mol. The van der Waals surface area contributed by atoms with E-state index in [1.165, 1.54) is 12.0 Å². The zero-order chi connectivity index (χ0) is 9.97. The van der Waals surface area contributed by atoms with Gasteiger partial charge in [-0.05, 0) is 12.1 Å². The van der Waals surface area contributed by atoms with E-state index in [1.54, 1.807) is 0 Å². The Labute approximate surface area is 82.0 Å². The highest BCUT2D eigenvalue weighted by atomic mass is 16.6. The predicted octanol–water partition coefficient (Wildman–Crippen LogP) is 1.47. The molecule has 4 nitrogen and oxygen atoms in total. The van der Waals surface area contributed by atoms with Crippen molar-refractivity contribution in [2.24, 2.45) is 0 Å². The Hall–Kier alpha value is -1.71. The third-order valence-corrected chi connectivity index (χ3v) is 1.99. The maximum Gasteiger partial charge on any atom is 0.412 e. The third kappa shape index (κ3) is 1.79. The summed E-state index contributed by atoms with van der Waals surface area (Å²) in [6.07, 6.45) is -0.504. The summed E-state index contributed by atoms with van der Waals surface area (Å²) in [5.41, 5.74) is 0. The second kappa shape index (κ2) is 3.57. The molecule has 1 saturated heterocycles. The van der Waals surface area contributed by atoms with Gasteiger partial charge >= 0.3 is 6.09 Å². The van der Waals surface area contributed by atoms with Gasteiger partial charge in [-0.3, -0.25) is 4.90 Å². The molecular weight excluding hydrogens is 182 g/mol. The van der Waals surface area contributed by atoms with E-state index in [-0.39, 0.29) is 12.3 Å². The van der Waals surface area contributed by atoms with Gasteiger partial charge in [0.25, 0.3) is 0 Å². The molecule has 0 aliphatic carbocycles. The number of methoxy groups -OCH3 is 1. The molecule has 0 N–H and O–H groups in total. The fourth-order valence-corrected chi connectivity index (χ4v) is 1.19. The predicted molar refractivity (Wildman–Crippen MR) is 50.0 cm³/mol. The molecule has 0 radical (unpaired) electrons. The van der Waals surface area contributed by atoms with Crippen LogP contribution in [0.25, 0.3) is 0 Å². The molecule has 1 aliphatic heterocycles. The minimum Gasteiger partial charge on any atom is -0.468 e. The molecule has 1 amide bonds. The van der Waals surface area contributed by atoms with Crippen molar-refractivity contribution in [2.75, 3.05) is 13.7 Å². The van der Waals surface area contributed by atoms with Crippen molar-refractivity contribution < 1.29 is 14.3 Å². The van der Waals surface area contributed by atoms with Crippen LogP contribution in [0.5, 0.6) is 5.75 Å². The van der Waals surface area contributed by atoms with Gasteiger partial charge in [0.05, 0.1) is 13.7 Å². The number of carbonyl (C=O) groups excluding carboxylic acids is 1. The largest absolute Gasteiger partial charge is 0.468 e. The van der Waals surface area contributed by atoms with Crippen molar-refractivity contribution in [1.82, 2.24) is 4.90 Å². The van der Waals surface area contributed by atoms with E-state index in [9.17, 15) is 4.79 Å². The number of hydrogen-bond acceptors (Lipinski definition) is 3. The van der Waals surface area contributed by atoms with E-state index in [1.807, 2.05) is 30.3 Å². The van der Waals surface area contributed by atoms with Crippen LogP contribution >= 0.6 is 0 Å². The summed E-state index contributed by atoms with van der Waals surface area (Å²) in [5, 5.41) is 0. The summed E-state index contributed by atoms with van der Waals surface area (Å²) in [6.45, 7) is 0.599. The smallest absolute Gasteiger partial charge is 0.412 e. The number of nitrogens with zero attached hydrogens (tertiary/aromatic N) is 1. The first-order chi connectivity index (χ1) is 6.81. The first-order valence-corrected chi connectivity index (χ1v) is 4.37. The fraction of sp³-hybridized carbons (Fsp3) is 0.300. The molecule has 4 heteroatoms. The van der Waals surface area contributed by atoms with E-state index < -0.39 is 0 Å². The molecule has 0 bridgehead atoms. The standard InChI is InChI=1S/C10H11NO3/c1-13-10(12)11-7-9(11)14-8-5-3-2-4-6-8/h2-6,9H,7H2,1H3. The van der Waals surface area contributed by atoms with Crippen LogP contribution in [0, 0.1) is 0 Å². The quantitative estimate of drug-likeness (QED) is 0.667. The Morgan fingerprint density at radius 3 is 2.79 bits per heavy atom. The van der Waals surface area contributed by atoms with Gasteiger partial charge in [-0.15, -0.1) is 0 Å². The van der Waals surface area contributed by atoms with Crippen molar-refractivity contribution in [2.45, 2.75) is 6.23 Å². The van der Waals surface area contributed by atoms with Gasteiger partial charge in [-0.2, -0.15) is 0 Å². The first-order valence-electron chi connectivity index (χ1n) is 4.37. The zero-order valence-electron chi connectivity index (χ0n) is 7.84. The number of amides is 1. The highest BCUT2D eigenvalue weighted by Gasteiger charge is 2.41. The molecule has 1 atom stereocenters. The van der Waals surface area contributed by atoms with Crippen LogP contribution in [0.3, 0.4) is 0 Å². The lowest BCUT2D eigenvalue weighted by atomic mass is 10.3. The lowest BCUT2D eigenvalue weighted by Gasteiger charge is -2.04. The molecule has 1 heterocycles. The Morgan fingerprint density at radius 2 is 2.14 bits per heavy atom.